The summed E-state index contributed by atoms with van der Waals surface area (Å²) in [7, 11) is 0. The van der Waals surface area contributed by atoms with Crippen LogP contribution >= 0.6 is 11.8 Å². The van der Waals surface area contributed by atoms with Gasteiger partial charge >= 0.3 is 0 Å². The van der Waals surface area contributed by atoms with Crippen molar-refractivity contribution in [1.82, 2.24) is 14.5 Å². The molecule has 6 nitrogen and oxygen atoms in total. The van der Waals surface area contributed by atoms with Crippen LogP contribution in [0.3, 0.4) is 0 Å². The topological polar surface area (TPSA) is 68.1 Å². The Morgan fingerprint density at radius 2 is 2.00 bits per heavy atom. The summed E-state index contributed by atoms with van der Waals surface area (Å²) in [6, 6.07) is 11.7. The minimum atomic E-state index is -0.284. The maximum Gasteiger partial charge on any atom is 0.283 e. The highest BCUT2D eigenvalue weighted by molar-refractivity contribution is 7.99. The van der Waals surface area contributed by atoms with Gasteiger partial charge in [0.05, 0.1) is 11.1 Å². The molecule has 4 rings (SSSR count). The van der Waals surface area contributed by atoms with Crippen LogP contribution < -0.4 is 10.5 Å². The standard InChI is InChI=1S/C23H24N4O2S/c1-4-12-26(17-8-6-5-7-9-17)19(28)14-30-23-25-22(29)20-15(2)13-16(3)24-21(20)27(23)18-10-11-18/h4-9,13,18H,1,10-12,14H2,2-3H3. The van der Waals surface area contributed by atoms with E-state index in [1.807, 2.05) is 50.2 Å². The van der Waals surface area contributed by atoms with Crippen molar-refractivity contribution in [3.05, 3.63) is 70.7 Å². The molecule has 0 radical (unpaired) electrons. The SMILES string of the molecule is C=CCN(C(=O)CSc1nc(=O)c2c(C)cc(C)nc2n1C1CC1)c1ccccc1. The Morgan fingerprint density at radius 1 is 1.27 bits per heavy atom. The molecule has 2 heterocycles. The van der Waals surface area contributed by atoms with Crippen LogP contribution in [0.1, 0.15) is 30.1 Å². The number of amides is 1. The van der Waals surface area contributed by atoms with Gasteiger partial charge in [0.25, 0.3) is 5.56 Å². The number of fused-ring (bicyclic) bond motifs is 1. The van der Waals surface area contributed by atoms with E-state index in [0.29, 0.717) is 22.7 Å². The van der Waals surface area contributed by atoms with Gasteiger partial charge in [0.15, 0.2) is 5.16 Å². The number of pyridine rings is 1. The van der Waals surface area contributed by atoms with Gasteiger partial charge in [-0.2, -0.15) is 4.98 Å². The number of aryl methyl sites for hydroxylation is 2. The van der Waals surface area contributed by atoms with Crippen molar-refractivity contribution in [3.63, 3.8) is 0 Å². The molecule has 0 aliphatic heterocycles. The number of thioether (sulfide) groups is 1. The number of rotatable bonds is 7. The lowest BCUT2D eigenvalue weighted by Crippen LogP contribution is -2.32. The molecule has 1 aliphatic carbocycles. The molecule has 0 atom stereocenters. The van der Waals surface area contributed by atoms with E-state index >= 15 is 0 Å². The first-order valence-electron chi connectivity index (χ1n) is 9.99. The monoisotopic (exact) mass is 420 g/mol. The van der Waals surface area contributed by atoms with E-state index < -0.39 is 0 Å². The summed E-state index contributed by atoms with van der Waals surface area (Å²) in [5.41, 5.74) is 2.97. The van der Waals surface area contributed by atoms with Gasteiger partial charge in [-0.15, -0.1) is 6.58 Å². The highest BCUT2D eigenvalue weighted by atomic mass is 32.2. The third kappa shape index (κ3) is 4.03. The van der Waals surface area contributed by atoms with E-state index in [1.165, 1.54) is 11.8 Å². The van der Waals surface area contributed by atoms with Gasteiger partial charge in [-0.25, -0.2) is 4.98 Å². The Morgan fingerprint density at radius 3 is 2.67 bits per heavy atom. The Hall–Kier alpha value is -2.93. The molecule has 0 saturated heterocycles. The quantitative estimate of drug-likeness (QED) is 0.328. The molecule has 154 valence electrons. The second kappa shape index (κ2) is 8.44. The summed E-state index contributed by atoms with van der Waals surface area (Å²) in [6.07, 6.45) is 3.77. The van der Waals surface area contributed by atoms with Crippen LogP contribution in [0, 0.1) is 13.8 Å². The summed E-state index contributed by atoms with van der Waals surface area (Å²) in [4.78, 5) is 36.4. The second-order valence-electron chi connectivity index (χ2n) is 7.50. The van der Waals surface area contributed by atoms with Crippen LogP contribution in [-0.2, 0) is 4.79 Å². The summed E-state index contributed by atoms with van der Waals surface area (Å²) in [6.45, 7) is 8.03. The predicted octanol–water partition coefficient (Wildman–Crippen LogP) is 4.05. The van der Waals surface area contributed by atoms with E-state index in [0.717, 1.165) is 29.8 Å². The molecule has 1 aliphatic rings. The minimum Gasteiger partial charge on any atom is -0.308 e. The van der Waals surface area contributed by atoms with Crippen molar-refractivity contribution in [2.45, 2.75) is 37.9 Å². The van der Waals surface area contributed by atoms with Crippen molar-refractivity contribution >= 4 is 34.4 Å². The number of aromatic nitrogens is 3. The lowest BCUT2D eigenvalue weighted by molar-refractivity contribution is -0.116. The van der Waals surface area contributed by atoms with E-state index in [9.17, 15) is 9.59 Å². The highest BCUT2D eigenvalue weighted by Gasteiger charge is 2.29. The van der Waals surface area contributed by atoms with Crippen LogP contribution in [-0.4, -0.2) is 32.7 Å². The van der Waals surface area contributed by atoms with Gasteiger partial charge in [0.2, 0.25) is 5.91 Å². The first kappa shape index (κ1) is 20.3. The average molecular weight is 421 g/mol. The molecule has 2 aromatic heterocycles. The van der Waals surface area contributed by atoms with Gasteiger partial charge in [0, 0.05) is 24.0 Å². The van der Waals surface area contributed by atoms with Crippen molar-refractivity contribution in [2.24, 2.45) is 0 Å². The fourth-order valence-corrected chi connectivity index (χ4v) is 4.53. The van der Waals surface area contributed by atoms with Crippen LogP contribution in [0.25, 0.3) is 11.0 Å². The fourth-order valence-electron chi connectivity index (χ4n) is 3.60. The number of para-hydroxylation sites is 1. The molecule has 30 heavy (non-hydrogen) atoms. The van der Waals surface area contributed by atoms with Crippen molar-refractivity contribution in [2.75, 3.05) is 17.2 Å². The summed E-state index contributed by atoms with van der Waals surface area (Å²) < 4.78 is 2.05. The van der Waals surface area contributed by atoms with E-state index in [1.54, 1.807) is 11.0 Å². The van der Waals surface area contributed by atoms with Gasteiger partial charge < -0.3 is 9.47 Å². The lowest BCUT2D eigenvalue weighted by Gasteiger charge is -2.21. The molecule has 0 N–H and O–H groups in total. The number of benzene rings is 1. The second-order valence-corrected chi connectivity index (χ2v) is 8.44. The maximum absolute atomic E-state index is 13.0. The summed E-state index contributed by atoms with van der Waals surface area (Å²) in [5, 5.41) is 1.13. The molecule has 7 heteroatoms. The number of nitrogens with zero attached hydrogens (tertiary/aromatic N) is 4. The fraction of sp³-hybridized carbons (Fsp3) is 0.304. The number of hydrogen-bond donors (Lipinski definition) is 0. The van der Waals surface area contributed by atoms with E-state index in [4.69, 9.17) is 0 Å². The third-order valence-corrected chi connectivity index (χ3v) is 6.03. The summed E-state index contributed by atoms with van der Waals surface area (Å²) >= 11 is 1.30. The molecule has 0 unspecified atom stereocenters. The van der Waals surface area contributed by atoms with Crippen molar-refractivity contribution < 1.29 is 4.79 Å². The lowest BCUT2D eigenvalue weighted by atomic mass is 10.2. The Labute approximate surface area is 179 Å². The molecule has 1 saturated carbocycles. The first-order chi connectivity index (χ1) is 14.5. The third-order valence-electron chi connectivity index (χ3n) is 5.09. The number of anilines is 1. The molecule has 1 fully saturated rings. The van der Waals surface area contributed by atoms with E-state index in [-0.39, 0.29) is 23.3 Å². The van der Waals surface area contributed by atoms with Crippen LogP contribution in [0.5, 0.6) is 0 Å². The van der Waals surface area contributed by atoms with Gasteiger partial charge in [-0.3, -0.25) is 9.59 Å². The molecule has 0 bridgehead atoms. The number of carbonyl (C=O) groups is 1. The minimum absolute atomic E-state index is 0.0591. The van der Waals surface area contributed by atoms with Crippen LogP contribution in [0.2, 0.25) is 0 Å². The predicted molar refractivity (Wildman–Crippen MR) is 121 cm³/mol. The molecule has 0 spiro atoms. The van der Waals surface area contributed by atoms with Crippen molar-refractivity contribution in [3.8, 4) is 0 Å². The number of carbonyl (C=O) groups excluding carboxylic acids is 1. The first-order valence-corrected chi connectivity index (χ1v) is 11.0. The molecular weight excluding hydrogens is 396 g/mol. The smallest absolute Gasteiger partial charge is 0.283 e. The van der Waals surface area contributed by atoms with Crippen molar-refractivity contribution in [1.29, 1.82) is 0 Å². The van der Waals surface area contributed by atoms with Gasteiger partial charge in [-0.1, -0.05) is 36.0 Å². The zero-order valence-electron chi connectivity index (χ0n) is 17.2. The van der Waals surface area contributed by atoms with Crippen LogP contribution in [0.15, 0.2) is 59.0 Å². The van der Waals surface area contributed by atoms with E-state index in [2.05, 4.69) is 21.1 Å². The summed E-state index contributed by atoms with van der Waals surface area (Å²) in [5.74, 6) is 0.120. The largest absolute Gasteiger partial charge is 0.308 e. The normalized spacial score (nSPS) is 13.4. The molecule has 1 aromatic carbocycles. The molecule has 1 amide bonds. The Kier molecular flexibility index (Phi) is 5.72. The maximum atomic E-state index is 13.0. The Bertz CT molecular complexity index is 1170. The van der Waals surface area contributed by atoms with Crippen LogP contribution in [0.4, 0.5) is 5.69 Å². The van der Waals surface area contributed by atoms with Gasteiger partial charge in [-0.05, 0) is 50.5 Å². The highest BCUT2D eigenvalue weighted by Crippen LogP contribution is 2.39. The average Bonchev–Trinajstić information content (AvgIpc) is 3.55. The molecular formula is C23H24N4O2S. The molecule has 3 aromatic rings. The zero-order chi connectivity index (χ0) is 21.3. The number of hydrogen-bond acceptors (Lipinski definition) is 5. The Balaban J connectivity index is 1.67. The van der Waals surface area contributed by atoms with Gasteiger partial charge in [0.1, 0.15) is 5.65 Å². The zero-order valence-corrected chi connectivity index (χ0v) is 18.0.